The second-order valence-corrected chi connectivity index (χ2v) is 7.31. The first-order chi connectivity index (χ1) is 12.2. The van der Waals surface area contributed by atoms with Crippen molar-refractivity contribution in [1.82, 2.24) is 5.32 Å². The standard InChI is InChI=1S/C19H22N2O4S/c1-10-6-7-11(2)14(8-10)9-15(22)20-18-16(12(3)13(4)26-18)17(23)21-19(24)25-5/h6-8H,9H2,1-5H3,(H,20,22)(H,21,23,24). The molecule has 6 nitrogen and oxygen atoms in total. The van der Waals surface area contributed by atoms with Crippen LogP contribution in [0.4, 0.5) is 9.80 Å². The fourth-order valence-electron chi connectivity index (χ4n) is 2.53. The van der Waals surface area contributed by atoms with E-state index < -0.39 is 12.0 Å². The Morgan fingerprint density at radius 3 is 2.46 bits per heavy atom. The molecule has 3 amide bonds. The Morgan fingerprint density at radius 1 is 1.12 bits per heavy atom. The minimum atomic E-state index is -0.842. The van der Waals surface area contributed by atoms with E-state index in [1.807, 2.05) is 39.0 Å². The molecular weight excluding hydrogens is 352 g/mol. The summed E-state index contributed by atoms with van der Waals surface area (Å²) >= 11 is 1.31. The summed E-state index contributed by atoms with van der Waals surface area (Å²) in [6, 6.07) is 5.95. The van der Waals surface area contributed by atoms with E-state index in [-0.39, 0.29) is 17.9 Å². The third kappa shape index (κ3) is 4.49. The van der Waals surface area contributed by atoms with Crippen LogP contribution in [0.1, 0.15) is 37.5 Å². The van der Waals surface area contributed by atoms with Crippen molar-refractivity contribution in [2.75, 3.05) is 12.4 Å². The third-order valence-corrected chi connectivity index (χ3v) is 5.24. The maximum absolute atomic E-state index is 12.5. The van der Waals surface area contributed by atoms with E-state index in [1.165, 1.54) is 18.4 Å². The number of imide groups is 1. The fourth-order valence-corrected chi connectivity index (χ4v) is 3.60. The highest BCUT2D eigenvalue weighted by atomic mass is 32.1. The van der Waals surface area contributed by atoms with Gasteiger partial charge in [0.2, 0.25) is 5.91 Å². The van der Waals surface area contributed by atoms with Gasteiger partial charge in [0.1, 0.15) is 5.00 Å². The van der Waals surface area contributed by atoms with Crippen molar-refractivity contribution >= 4 is 34.2 Å². The largest absolute Gasteiger partial charge is 0.453 e. The van der Waals surface area contributed by atoms with Crippen molar-refractivity contribution in [3.63, 3.8) is 0 Å². The number of thiophene rings is 1. The van der Waals surface area contributed by atoms with Gasteiger partial charge in [-0.3, -0.25) is 14.9 Å². The van der Waals surface area contributed by atoms with Crippen molar-refractivity contribution in [3.8, 4) is 0 Å². The van der Waals surface area contributed by atoms with Crippen molar-refractivity contribution in [1.29, 1.82) is 0 Å². The number of carbonyl (C=O) groups excluding carboxylic acids is 3. The first-order valence-electron chi connectivity index (χ1n) is 8.08. The van der Waals surface area contributed by atoms with Crippen molar-refractivity contribution in [2.45, 2.75) is 34.1 Å². The SMILES string of the molecule is COC(=O)NC(=O)c1c(NC(=O)Cc2cc(C)ccc2C)sc(C)c1C. The lowest BCUT2D eigenvalue weighted by Gasteiger charge is -2.09. The summed E-state index contributed by atoms with van der Waals surface area (Å²) in [6.07, 6.45) is -0.632. The van der Waals surface area contributed by atoms with Crippen LogP contribution in [-0.4, -0.2) is 25.0 Å². The van der Waals surface area contributed by atoms with Crippen LogP contribution in [-0.2, 0) is 16.0 Å². The van der Waals surface area contributed by atoms with Gasteiger partial charge in [-0.25, -0.2) is 4.79 Å². The molecule has 0 spiro atoms. The number of hydrogen-bond donors (Lipinski definition) is 2. The average molecular weight is 374 g/mol. The Morgan fingerprint density at radius 2 is 1.81 bits per heavy atom. The van der Waals surface area contributed by atoms with Gasteiger partial charge in [-0.1, -0.05) is 23.8 Å². The Labute approximate surface area is 156 Å². The van der Waals surface area contributed by atoms with E-state index in [4.69, 9.17) is 0 Å². The van der Waals surface area contributed by atoms with Crippen molar-refractivity contribution in [3.05, 3.63) is 50.9 Å². The maximum Gasteiger partial charge on any atom is 0.413 e. The zero-order chi connectivity index (χ0) is 19.4. The molecule has 2 rings (SSSR count). The van der Waals surface area contributed by atoms with Crippen LogP contribution in [0.5, 0.6) is 0 Å². The molecule has 0 saturated heterocycles. The second kappa shape index (κ2) is 8.14. The topological polar surface area (TPSA) is 84.5 Å². The van der Waals surface area contributed by atoms with Gasteiger partial charge in [0.15, 0.2) is 0 Å². The number of hydrogen-bond acceptors (Lipinski definition) is 5. The quantitative estimate of drug-likeness (QED) is 0.855. The van der Waals surface area contributed by atoms with E-state index in [0.717, 1.165) is 27.1 Å². The highest BCUT2D eigenvalue weighted by molar-refractivity contribution is 7.16. The molecule has 0 saturated carbocycles. The molecule has 0 aliphatic heterocycles. The molecule has 2 aromatic rings. The molecule has 138 valence electrons. The summed E-state index contributed by atoms with van der Waals surface area (Å²) in [5.74, 6) is -0.812. The summed E-state index contributed by atoms with van der Waals surface area (Å²) in [5, 5.41) is 5.37. The molecule has 0 radical (unpaired) electrons. The molecule has 26 heavy (non-hydrogen) atoms. The summed E-state index contributed by atoms with van der Waals surface area (Å²) in [6.45, 7) is 7.56. The molecule has 1 aromatic carbocycles. The zero-order valence-electron chi connectivity index (χ0n) is 15.5. The Balaban J connectivity index is 2.22. The Bertz CT molecular complexity index is 871. The van der Waals surface area contributed by atoms with Gasteiger partial charge in [0, 0.05) is 4.88 Å². The van der Waals surface area contributed by atoms with E-state index >= 15 is 0 Å². The lowest BCUT2D eigenvalue weighted by Crippen LogP contribution is -2.31. The average Bonchev–Trinajstić information content (AvgIpc) is 2.84. The van der Waals surface area contributed by atoms with Crippen LogP contribution in [0, 0.1) is 27.7 Å². The molecule has 0 bridgehead atoms. The first kappa shape index (κ1) is 19.7. The van der Waals surface area contributed by atoms with Gasteiger partial charge in [-0.05, 0) is 44.4 Å². The molecule has 0 aliphatic rings. The normalized spacial score (nSPS) is 10.3. The summed E-state index contributed by atoms with van der Waals surface area (Å²) in [5.41, 5.74) is 4.06. The molecule has 1 heterocycles. The predicted molar refractivity (Wildman–Crippen MR) is 102 cm³/mol. The number of anilines is 1. The number of amides is 3. The van der Waals surface area contributed by atoms with Crippen molar-refractivity contribution < 1.29 is 19.1 Å². The number of methoxy groups -OCH3 is 1. The number of aryl methyl sites for hydroxylation is 3. The lowest BCUT2D eigenvalue weighted by atomic mass is 10.0. The van der Waals surface area contributed by atoms with Crippen LogP contribution < -0.4 is 10.6 Å². The molecule has 0 fully saturated rings. The van der Waals surface area contributed by atoms with Crippen LogP contribution in [0.2, 0.25) is 0 Å². The maximum atomic E-state index is 12.5. The van der Waals surface area contributed by atoms with Gasteiger partial charge in [0.05, 0.1) is 19.1 Å². The molecule has 0 atom stereocenters. The summed E-state index contributed by atoms with van der Waals surface area (Å²) in [4.78, 5) is 37.1. The van der Waals surface area contributed by atoms with Gasteiger partial charge < -0.3 is 10.1 Å². The molecular formula is C19H22N2O4S. The van der Waals surface area contributed by atoms with E-state index in [2.05, 4.69) is 15.4 Å². The molecule has 0 unspecified atom stereocenters. The Kier molecular flexibility index (Phi) is 6.15. The molecule has 2 N–H and O–H groups in total. The van der Waals surface area contributed by atoms with Crippen LogP contribution in [0.25, 0.3) is 0 Å². The van der Waals surface area contributed by atoms with Crippen LogP contribution in [0.3, 0.4) is 0 Å². The minimum Gasteiger partial charge on any atom is -0.453 e. The monoisotopic (exact) mass is 374 g/mol. The lowest BCUT2D eigenvalue weighted by molar-refractivity contribution is -0.115. The number of alkyl carbamates (subject to hydrolysis) is 1. The zero-order valence-corrected chi connectivity index (χ0v) is 16.3. The van der Waals surface area contributed by atoms with E-state index in [0.29, 0.717) is 5.00 Å². The summed E-state index contributed by atoms with van der Waals surface area (Å²) in [7, 11) is 1.18. The van der Waals surface area contributed by atoms with Crippen LogP contribution in [0.15, 0.2) is 18.2 Å². The molecule has 0 aliphatic carbocycles. The number of carbonyl (C=O) groups is 3. The van der Waals surface area contributed by atoms with E-state index in [9.17, 15) is 14.4 Å². The van der Waals surface area contributed by atoms with Gasteiger partial charge in [-0.2, -0.15) is 0 Å². The molecule has 1 aromatic heterocycles. The number of ether oxygens (including phenoxy) is 1. The Hall–Kier alpha value is -2.67. The number of benzene rings is 1. The van der Waals surface area contributed by atoms with Gasteiger partial charge in [-0.15, -0.1) is 11.3 Å². The summed E-state index contributed by atoms with van der Waals surface area (Å²) < 4.78 is 4.46. The fraction of sp³-hybridized carbons (Fsp3) is 0.316. The predicted octanol–water partition coefficient (Wildman–Crippen LogP) is 3.66. The van der Waals surface area contributed by atoms with Crippen LogP contribution >= 0.6 is 11.3 Å². The van der Waals surface area contributed by atoms with Gasteiger partial charge >= 0.3 is 6.09 Å². The highest BCUT2D eigenvalue weighted by Crippen LogP contribution is 2.32. The first-order valence-corrected chi connectivity index (χ1v) is 8.89. The third-order valence-electron chi connectivity index (χ3n) is 4.12. The number of rotatable bonds is 4. The highest BCUT2D eigenvalue weighted by Gasteiger charge is 2.23. The second-order valence-electron chi connectivity index (χ2n) is 6.09. The minimum absolute atomic E-state index is 0.210. The van der Waals surface area contributed by atoms with Crippen molar-refractivity contribution in [2.24, 2.45) is 0 Å². The van der Waals surface area contributed by atoms with Gasteiger partial charge in [0.25, 0.3) is 5.91 Å². The number of nitrogens with one attached hydrogen (secondary N) is 2. The smallest absolute Gasteiger partial charge is 0.413 e. The van der Waals surface area contributed by atoms with E-state index in [1.54, 1.807) is 6.92 Å². The molecule has 7 heteroatoms.